The Morgan fingerprint density at radius 1 is 1.10 bits per heavy atom. The molecule has 0 saturated carbocycles. The zero-order chi connectivity index (χ0) is 22.2. The molecule has 0 aliphatic heterocycles. The minimum absolute atomic E-state index is 0.0498. The van der Waals surface area contributed by atoms with Gasteiger partial charge in [0.2, 0.25) is 17.7 Å². The van der Waals surface area contributed by atoms with Gasteiger partial charge >= 0.3 is 11.9 Å². The molecule has 0 aliphatic carbocycles. The summed E-state index contributed by atoms with van der Waals surface area (Å²) in [5.41, 5.74) is 5.59. The third-order valence-electron chi connectivity index (χ3n) is 3.34. The van der Waals surface area contributed by atoms with E-state index < -0.39 is 35.8 Å². The molecule has 0 aromatic heterocycles. The average Bonchev–Trinajstić information content (AvgIpc) is 2.71. The molecule has 0 aromatic carbocycles. The molecule has 0 aromatic rings. The molecule has 0 radical (unpaired) electrons. The van der Waals surface area contributed by atoms with Crippen molar-refractivity contribution in [3.8, 4) is 0 Å². The largest absolute Gasteiger partial charge is 0.468 e. The van der Waals surface area contributed by atoms with E-state index in [9.17, 15) is 24.0 Å². The molecule has 0 fully saturated rings. The molecule has 0 unspecified atom stereocenters. The standard InChI is InChI=1S/C16H28N4O7S2/c1-4-27-14(23)7-19-15(24)11(8-28-29-9-13(22)18-2)20-12(21)6-5-10(17)16(25)26-3/h10-11H,4-9,17H2,1-3H3,(H,18,22)(H,19,24)(H,20,21)/t10-,11-/m0/s1. The third-order valence-corrected chi connectivity index (χ3v) is 5.62. The summed E-state index contributed by atoms with van der Waals surface area (Å²) in [6.45, 7) is 1.49. The molecule has 13 heteroatoms. The summed E-state index contributed by atoms with van der Waals surface area (Å²) in [4.78, 5) is 58.4. The Balaban J connectivity index is 4.68. The molecule has 3 amide bonds. The lowest BCUT2D eigenvalue weighted by atomic mass is 10.1. The van der Waals surface area contributed by atoms with Crippen LogP contribution in [0.15, 0.2) is 0 Å². The Morgan fingerprint density at radius 2 is 1.79 bits per heavy atom. The number of carbonyl (C=O) groups is 5. The molecule has 166 valence electrons. The monoisotopic (exact) mass is 452 g/mol. The minimum atomic E-state index is -0.950. The number of carbonyl (C=O) groups excluding carboxylic acids is 5. The van der Waals surface area contributed by atoms with Crippen LogP contribution in [0.25, 0.3) is 0 Å². The van der Waals surface area contributed by atoms with Crippen molar-refractivity contribution in [1.82, 2.24) is 16.0 Å². The Hall–Kier alpha value is -1.99. The van der Waals surface area contributed by atoms with Crippen molar-refractivity contribution in [2.45, 2.75) is 31.8 Å². The van der Waals surface area contributed by atoms with Gasteiger partial charge in [-0.3, -0.25) is 24.0 Å². The number of hydrogen-bond acceptors (Lipinski definition) is 10. The van der Waals surface area contributed by atoms with Crippen LogP contribution in [0.1, 0.15) is 19.8 Å². The van der Waals surface area contributed by atoms with E-state index in [4.69, 9.17) is 10.5 Å². The molecule has 29 heavy (non-hydrogen) atoms. The number of methoxy groups -OCH3 is 1. The fourth-order valence-electron chi connectivity index (χ4n) is 1.78. The van der Waals surface area contributed by atoms with Gasteiger partial charge in [0.1, 0.15) is 18.6 Å². The van der Waals surface area contributed by atoms with E-state index in [0.29, 0.717) is 0 Å². The van der Waals surface area contributed by atoms with Crippen molar-refractivity contribution < 1.29 is 33.4 Å². The second-order valence-corrected chi connectivity index (χ2v) is 8.04. The number of nitrogens with two attached hydrogens (primary N) is 1. The Labute approximate surface area is 177 Å². The van der Waals surface area contributed by atoms with Gasteiger partial charge in [0.15, 0.2) is 0 Å². The second-order valence-electron chi connectivity index (χ2n) is 5.53. The van der Waals surface area contributed by atoms with Crippen LogP contribution >= 0.6 is 21.6 Å². The molecule has 0 rings (SSSR count). The number of hydrogen-bond donors (Lipinski definition) is 4. The van der Waals surface area contributed by atoms with Crippen molar-refractivity contribution in [2.24, 2.45) is 5.73 Å². The van der Waals surface area contributed by atoms with E-state index in [1.807, 2.05) is 0 Å². The van der Waals surface area contributed by atoms with E-state index in [1.165, 1.54) is 35.7 Å². The van der Waals surface area contributed by atoms with Crippen LogP contribution < -0.4 is 21.7 Å². The lowest BCUT2D eigenvalue weighted by Crippen LogP contribution is -2.49. The predicted octanol–water partition coefficient (Wildman–Crippen LogP) is -1.44. The molecule has 11 nitrogen and oxygen atoms in total. The maximum Gasteiger partial charge on any atom is 0.325 e. The molecule has 0 heterocycles. The first-order chi connectivity index (χ1) is 13.7. The van der Waals surface area contributed by atoms with Crippen molar-refractivity contribution in [2.75, 3.05) is 38.8 Å². The fraction of sp³-hybridized carbons (Fsp3) is 0.688. The van der Waals surface area contributed by atoms with E-state index in [0.717, 1.165) is 0 Å². The van der Waals surface area contributed by atoms with E-state index in [2.05, 4.69) is 20.7 Å². The normalized spacial score (nSPS) is 12.3. The van der Waals surface area contributed by atoms with Gasteiger partial charge < -0.3 is 31.2 Å². The van der Waals surface area contributed by atoms with Crippen molar-refractivity contribution in [3.63, 3.8) is 0 Å². The lowest BCUT2D eigenvalue weighted by molar-refractivity contribution is -0.143. The maximum absolute atomic E-state index is 12.3. The lowest BCUT2D eigenvalue weighted by Gasteiger charge is -2.18. The highest BCUT2D eigenvalue weighted by molar-refractivity contribution is 8.76. The van der Waals surface area contributed by atoms with Gasteiger partial charge in [0.25, 0.3) is 0 Å². The van der Waals surface area contributed by atoms with Gasteiger partial charge in [-0.25, -0.2) is 0 Å². The van der Waals surface area contributed by atoms with Crippen molar-refractivity contribution >= 4 is 51.2 Å². The number of esters is 2. The van der Waals surface area contributed by atoms with Gasteiger partial charge in [-0.1, -0.05) is 21.6 Å². The number of nitrogens with one attached hydrogen (secondary N) is 3. The van der Waals surface area contributed by atoms with Crippen LogP contribution in [0, 0.1) is 0 Å². The Bertz CT molecular complexity index is 577. The van der Waals surface area contributed by atoms with E-state index in [-0.39, 0.29) is 43.4 Å². The first-order valence-electron chi connectivity index (χ1n) is 8.76. The summed E-state index contributed by atoms with van der Waals surface area (Å²) in [6, 6.07) is -1.90. The maximum atomic E-state index is 12.3. The summed E-state index contributed by atoms with van der Waals surface area (Å²) in [7, 11) is 5.14. The van der Waals surface area contributed by atoms with E-state index in [1.54, 1.807) is 6.92 Å². The highest BCUT2D eigenvalue weighted by Gasteiger charge is 2.23. The van der Waals surface area contributed by atoms with Crippen LogP contribution in [0.2, 0.25) is 0 Å². The molecular formula is C16H28N4O7S2. The number of amides is 3. The zero-order valence-electron chi connectivity index (χ0n) is 16.6. The summed E-state index contributed by atoms with van der Waals surface area (Å²) in [5, 5.41) is 7.41. The van der Waals surface area contributed by atoms with Crippen molar-refractivity contribution in [1.29, 1.82) is 0 Å². The quantitative estimate of drug-likeness (QED) is 0.139. The van der Waals surface area contributed by atoms with E-state index >= 15 is 0 Å². The molecule has 0 aliphatic rings. The summed E-state index contributed by atoms with van der Waals surface area (Å²) >= 11 is 0. The SMILES string of the molecule is CCOC(=O)CNC(=O)[C@H](CSSCC(=O)NC)NC(=O)CC[C@H](N)C(=O)OC. The van der Waals surface area contributed by atoms with Gasteiger partial charge in [-0.15, -0.1) is 0 Å². The third kappa shape index (κ3) is 13.0. The number of ether oxygens (including phenoxy) is 2. The molecule has 5 N–H and O–H groups in total. The van der Waals surface area contributed by atoms with Gasteiger partial charge in [0, 0.05) is 19.2 Å². The van der Waals surface area contributed by atoms with Crippen LogP contribution in [0.3, 0.4) is 0 Å². The zero-order valence-corrected chi connectivity index (χ0v) is 18.3. The molecule has 0 saturated heterocycles. The average molecular weight is 453 g/mol. The first-order valence-corrected chi connectivity index (χ1v) is 11.2. The Kier molecular flexibility index (Phi) is 14.8. The molecule has 2 atom stereocenters. The molecular weight excluding hydrogens is 424 g/mol. The van der Waals surface area contributed by atoms with Crippen LogP contribution in [-0.2, 0) is 33.4 Å². The number of rotatable bonds is 14. The minimum Gasteiger partial charge on any atom is -0.468 e. The Morgan fingerprint density at radius 3 is 2.38 bits per heavy atom. The predicted molar refractivity (Wildman–Crippen MR) is 110 cm³/mol. The van der Waals surface area contributed by atoms with Gasteiger partial charge in [0.05, 0.1) is 19.5 Å². The molecule has 0 bridgehead atoms. The molecule has 0 spiro atoms. The first kappa shape index (κ1) is 27.0. The smallest absolute Gasteiger partial charge is 0.325 e. The van der Waals surface area contributed by atoms with Crippen molar-refractivity contribution in [3.05, 3.63) is 0 Å². The van der Waals surface area contributed by atoms with Crippen LogP contribution in [-0.4, -0.2) is 80.6 Å². The van der Waals surface area contributed by atoms with Crippen LogP contribution in [0.4, 0.5) is 0 Å². The summed E-state index contributed by atoms with van der Waals surface area (Å²) in [6.07, 6.45) is -0.0395. The summed E-state index contributed by atoms with van der Waals surface area (Å²) < 4.78 is 9.23. The topological polar surface area (TPSA) is 166 Å². The van der Waals surface area contributed by atoms with Crippen LogP contribution in [0.5, 0.6) is 0 Å². The van der Waals surface area contributed by atoms with Gasteiger partial charge in [-0.05, 0) is 13.3 Å². The summed E-state index contributed by atoms with van der Waals surface area (Å²) in [5.74, 6) is -2.13. The highest BCUT2D eigenvalue weighted by atomic mass is 33.1. The highest BCUT2D eigenvalue weighted by Crippen LogP contribution is 2.21. The fourth-order valence-corrected chi connectivity index (χ4v) is 3.85. The second kappa shape index (κ2) is 15.9. The van der Waals surface area contributed by atoms with Gasteiger partial charge in [-0.2, -0.15) is 0 Å².